The molecule has 1 fully saturated rings. The van der Waals surface area contributed by atoms with Crippen LogP contribution in [0.5, 0.6) is 11.5 Å². The van der Waals surface area contributed by atoms with Crippen LogP contribution >= 0.6 is 34.3 Å². The SMILES string of the molecule is COc1cc(NC(=O)CCN(C)[C@H]2CC[C@H](OC(=O)C(O)(c3cccs3)c3cccs3)CC2)c(Cl)cc1CCNC[C@H](O)c1ccc(O)c2[nH]c(=O)ccc12.F. The number of aromatic nitrogens is 1. The number of carbonyl (C=O) groups excluding carboxylic acids is 2. The van der Waals surface area contributed by atoms with Crippen LogP contribution in [0.25, 0.3) is 10.9 Å². The van der Waals surface area contributed by atoms with Gasteiger partial charge in [-0.25, -0.2) is 4.79 Å². The summed E-state index contributed by atoms with van der Waals surface area (Å²) in [6.45, 7) is 1.24. The maximum absolute atomic E-state index is 13.4. The lowest BCUT2D eigenvalue weighted by Gasteiger charge is -2.35. The minimum atomic E-state index is -1.82. The predicted octanol–water partition coefficient (Wildman–Crippen LogP) is 6.09. The number of pyridine rings is 1. The molecule has 1 atom stereocenters. The third kappa shape index (κ3) is 9.77. The second-order valence-corrected chi connectivity index (χ2v) is 16.0. The number of esters is 1. The molecule has 0 spiro atoms. The molecule has 16 heteroatoms. The number of aromatic hydroxyl groups is 1. The van der Waals surface area contributed by atoms with Crippen molar-refractivity contribution in [1.82, 2.24) is 15.2 Å². The molecule has 300 valence electrons. The molecule has 0 bridgehead atoms. The molecule has 0 aliphatic heterocycles. The summed E-state index contributed by atoms with van der Waals surface area (Å²) in [5, 5.41) is 43.3. The number of methoxy groups -OCH3 is 1. The summed E-state index contributed by atoms with van der Waals surface area (Å²) in [6.07, 6.45) is 2.50. The number of benzene rings is 2. The number of hydrogen-bond donors (Lipinski definition) is 6. The van der Waals surface area contributed by atoms with Gasteiger partial charge in [-0.1, -0.05) is 29.8 Å². The Balaban J connectivity index is 0.00000600. The van der Waals surface area contributed by atoms with E-state index in [9.17, 15) is 29.7 Å². The first-order chi connectivity index (χ1) is 26.5. The number of anilines is 1. The molecule has 6 N–H and O–H groups in total. The molecule has 3 heterocycles. The number of hydrogen-bond acceptors (Lipinski definition) is 12. The normalized spacial score (nSPS) is 16.3. The molecule has 3 aromatic heterocycles. The molecule has 5 aromatic rings. The highest BCUT2D eigenvalue weighted by Gasteiger charge is 2.45. The third-order valence-corrected chi connectivity index (χ3v) is 12.4. The second kappa shape index (κ2) is 19.2. The maximum Gasteiger partial charge on any atom is 0.349 e. The van der Waals surface area contributed by atoms with Gasteiger partial charge in [0.1, 0.15) is 17.6 Å². The van der Waals surface area contributed by atoms with Gasteiger partial charge < -0.3 is 45.3 Å². The zero-order valence-corrected chi connectivity index (χ0v) is 33.3. The smallest absolute Gasteiger partial charge is 0.349 e. The number of thiophene rings is 2. The van der Waals surface area contributed by atoms with E-state index in [1.807, 2.05) is 29.9 Å². The highest BCUT2D eigenvalue weighted by molar-refractivity contribution is 7.12. The largest absolute Gasteiger partial charge is 0.506 e. The summed E-state index contributed by atoms with van der Waals surface area (Å²) >= 11 is 9.25. The van der Waals surface area contributed by atoms with Crippen molar-refractivity contribution < 1.29 is 39.1 Å². The van der Waals surface area contributed by atoms with Gasteiger partial charge in [0, 0.05) is 43.1 Å². The molecule has 0 unspecified atom stereocenters. The fourth-order valence-corrected chi connectivity index (χ4v) is 8.95. The molecule has 1 aliphatic carbocycles. The van der Waals surface area contributed by atoms with E-state index in [1.165, 1.54) is 34.8 Å². The minimum absolute atomic E-state index is 0. The first-order valence-corrected chi connectivity index (χ1v) is 20.2. The summed E-state index contributed by atoms with van der Waals surface area (Å²) < 4.78 is 11.5. The van der Waals surface area contributed by atoms with Crippen LogP contribution in [-0.4, -0.2) is 83.0 Å². The number of nitrogens with zero attached hydrogens (tertiary/aromatic N) is 1. The van der Waals surface area contributed by atoms with E-state index in [4.69, 9.17) is 21.1 Å². The zero-order chi connectivity index (χ0) is 39.1. The average Bonchev–Trinajstić information content (AvgIpc) is 3.93. The Morgan fingerprint density at radius 3 is 2.39 bits per heavy atom. The Kier molecular flexibility index (Phi) is 14.7. The summed E-state index contributed by atoms with van der Waals surface area (Å²) in [4.78, 5) is 44.0. The van der Waals surface area contributed by atoms with Gasteiger partial charge in [0.25, 0.3) is 0 Å². The second-order valence-electron chi connectivity index (χ2n) is 13.7. The van der Waals surface area contributed by atoms with Gasteiger partial charge in [-0.15, -0.1) is 22.7 Å². The van der Waals surface area contributed by atoms with Gasteiger partial charge in [-0.05, 0) is 97.9 Å². The van der Waals surface area contributed by atoms with Gasteiger partial charge in [0.2, 0.25) is 17.1 Å². The third-order valence-electron chi connectivity index (χ3n) is 10.1. The fourth-order valence-electron chi connectivity index (χ4n) is 7.00. The van der Waals surface area contributed by atoms with Crippen molar-refractivity contribution in [2.75, 3.05) is 39.1 Å². The molecule has 56 heavy (non-hydrogen) atoms. The van der Waals surface area contributed by atoms with Gasteiger partial charge in [0.15, 0.2) is 0 Å². The van der Waals surface area contributed by atoms with E-state index in [0.717, 1.165) is 18.4 Å². The van der Waals surface area contributed by atoms with Crippen molar-refractivity contribution in [1.29, 1.82) is 0 Å². The molecule has 1 aliphatic rings. The van der Waals surface area contributed by atoms with E-state index < -0.39 is 17.7 Å². The van der Waals surface area contributed by atoms with Crippen LogP contribution in [0.15, 0.2) is 76.2 Å². The van der Waals surface area contributed by atoms with Gasteiger partial charge in [-0.3, -0.25) is 14.3 Å². The number of carbonyl (C=O) groups is 2. The van der Waals surface area contributed by atoms with Crippen LogP contribution < -0.4 is 20.9 Å². The van der Waals surface area contributed by atoms with Crippen molar-refractivity contribution in [2.24, 2.45) is 0 Å². The predicted molar refractivity (Wildman–Crippen MR) is 218 cm³/mol. The number of phenolic OH excluding ortho intramolecular Hbond substituents is 1. The lowest BCUT2D eigenvalue weighted by Crippen LogP contribution is -2.42. The Hall–Kier alpha value is -4.35. The topological polar surface area (TPSA) is 173 Å². The van der Waals surface area contributed by atoms with Gasteiger partial charge in [-0.2, -0.15) is 0 Å². The number of amides is 1. The van der Waals surface area contributed by atoms with Crippen molar-refractivity contribution in [3.8, 4) is 11.5 Å². The van der Waals surface area contributed by atoms with Crippen LogP contribution in [0.4, 0.5) is 10.4 Å². The number of rotatable bonds is 16. The number of aromatic amines is 1. The summed E-state index contributed by atoms with van der Waals surface area (Å²) in [5.74, 6) is -0.342. The van der Waals surface area contributed by atoms with E-state index in [2.05, 4.69) is 20.5 Å². The number of fused-ring (bicyclic) bond motifs is 1. The number of ether oxygens (including phenoxy) is 2. The van der Waals surface area contributed by atoms with Crippen LogP contribution in [-0.2, 0) is 26.3 Å². The Bertz CT molecular complexity index is 2110. The summed E-state index contributed by atoms with van der Waals surface area (Å²) in [6, 6.07) is 16.8. The van der Waals surface area contributed by atoms with Crippen molar-refractivity contribution >= 4 is 62.7 Å². The Morgan fingerprint density at radius 2 is 1.75 bits per heavy atom. The molecule has 0 saturated heterocycles. The summed E-state index contributed by atoms with van der Waals surface area (Å²) in [5.41, 5.74) is -0.0489. The van der Waals surface area contributed by atoms with Crippen molar-refractivity contribution in [3.63, 3.8) is 0 Å². The molecule has 12 nitrogen and oxygen atoms in total. The maximum atomic E-state index is 13.4. The van der Waals surface area contributed by atoms with Crippen molar-refractivity contribution in [3.05, 3.63) is 108 Å². The van der Waals surface area contributed by atoms with E-state index >= 15 is 0 Å². The highest BCUT2D eigenvalue weighted by Crippen LogP contribution is 2.38. The van der Waals surface area contributed by atoms with Crippen LogP contribution in [0.3, 0.4) is 0 Å². The molecule has 6 rings (SSSR count). The van der Waals surface area contributed by atoms with Crippen molar-refractivity contribution in [2.45, 2.75) is 62.4 Å². The van der Waals surface area contributed by atoms with Crippen LogP contribution in [0, 0.1) is 0 Å². The number of aliphatic hydroxyl groups is 2. The summed E-state index contributed by atoms with van der Waals surface area (Å²) in [7, 11) is 3.54. The number of nitrogens with one attached hydrogen (secondary N) is 3. The minimum Gasteiger partial charge on any atom is -0.506 e. The number of halogens is 2. The zero-order valence-electron chi connectivity index (χ0n) is 31.0. The molecule has 0 radical (unpaired) electrons. The standard InChI is InChI=1S/C40H45ClN4O8S2.FH/c1-45(25-7-9-26(10-8-25)53-39(50)40(51,34-5-3-19-54-34)35-6-4-20-55-35)18-16-37(49)43-30-22-33(52-2)24(21-29(30)41)15-17-42-23-32(47)27-11-13-31(46)38-28(27)12-14-36(48)44-38;/h3-6,11-14,19-22,25-26,32,42,46-47,51H,7-10,15-18,23H2,1-2H3,(H,43,49)(H,44,48);1H/t25-,26-,32-;/m0./s1. The lowest BCUT2D eigenvalue weighted by atomic mass is 9.91. The van der Waals surface area contributed by atoms with E-state index in [-0.39, 0.29) is 52.5 Å². The quantitative estimate of drug-likeness (QED) is 0.0505. The van der Waals surface area contributed by atoms with Crippen LogP contribution in [0.1, 0.15) is 59.1 Å². The molecular weight excluding hydrogens is 783 g/mol. The monoisotopic (exact) mass is 828 g/mol. The molecule has 2 aromatic carbocycles. The number of H-pyrrole nitrogens is 1. The Morgan fingerprint density at radius 1 is 1.05 bits per heavy atom. The molecular formula is C40H46ClFN4O8S2. The molecule has 1 amide bonds. The van der Waals surface area contributed by atoms with Gasteiger partial charge >= 0.3 is 5.97 Å². The number of aliphatic hydroxyl groups excluding tert-OH is 1. The lowest BCUT2D eigenvalue weighted by molar-refractivity contribution is -0.169. The molecule has 1 saturated carbocycles. The Labute approximate surface area is 336 Å². The highest BCUT2D eigenvalue weighted by atomic mass is 35.5. The van der Waals surface area contributed by atoms with E-state index in [1.54, 1.807) is 43.5 Å². The first kappa shape index (κ1) is 42.8. The fraction of sp³-hybridized carbons (Fsp3) is 0.375. The first-order valence-electron chi connectivity index (χ1n) is 18.1. The number of phenols is 1. The average molecular weight is 829 g/mol. The van der Waals surface area contributed by atoms with Gasteiger partial charge in [0.05, 0.1) is 39.2 Å². The van der Waals surface area contributed by atoms with E-state index in [0.29, 0.717) is 69.5 Å². The van der Waals surface area contributed by atoms with Crippen LogP contribution in [0.2, 0.25) is 5.02 Å².